The standard InChI is InChI=1S/C26H36O3/c1-3-5-7-8-9-10-12-23-20-24(29-19-11-6-4-2)17-18-25(23)21-13-15-22(16-14-21)26(27)28/h13-18,20H,3-12,19H2,1-2H3,(H,27,28). The Morgan fingerprint density at radius 1 is 0.828 bits per heavy atom. The van der Waals surface area contributed by atoms with Crippen molar-refractivity contribution in [1.82, 2.24) is 0 Å². The monoisotopic (exact) mass is 396 g/mol. The van der Waals surface area contributed by atoms with Gasteiger partial charge in [0.15, 0.2) is 0 Å². The minimum atomic E-state index is -0.889. The van der Waals surface area contributed by atoms with Crippen molar-refractivity contribution in [3.8, 4) is 16.9 Å². The molecule has 0 atom stereocenters. The number of aryl methyl sites for hydroxylation is 1. The fraction of sp³-hybridized carbons (Fsp3) is 0.500. The van der Waals surface area contributed by atoms with Gasteiger partial charge in [0.1, 0.15) is 5.75 Å². The van der Waals surface area contributed by atoms with Crippen LogP contribution in [-0.2, 0) is 6.42 Å². The number of unbranched alkanes of at least 4 members (excludes halogenated alkanes) is 7. The number of ether oxygens (including phenoxy) is 1. The highest BCUT2D eigenvalue weighted by Crippen LogP contribution is 2.29. The molecule has 3 heteroatoms. The zero-order valence-electron chi connectivity index (χ0n) is 18.1. The van der Waals surface area contributed by atoms with Gasteiger partial charge >= 0.3 is 5.97 Å². The molecule has 0 aliphatic heterocycles. The summed E-state index contributed by atoms with van der Waals surface area (Å²) in [5, 5.41) is 9.15. The zero-order valence-corrected chi connectivity index (χ0v) is 18.1. The van der Waals surface area contributed by atoms with Crippen LogP contribution in [0.25, 0.3) is 11.1 Å². The third kappa shape index (κ3) is 7.92. The SMILES string of the molecule is CCCCCCCCc1cc(OCCCCC)ccc1-c1ccc(C(=O)O)cc1. The fourth-order valence-electron chi connectivity index (χ4n) is 3.58. The summed E-state index contributed by atoms with van der Waals surface area (Å²) >= 11 is 0. The summed E-state index contributed by atoms with van der Waals surface area (Å²) in [6.45, 7) is 5.20. The first-order chi connectivity index (χ1) is 14.2. The second kappa shape index (κ2) is 13.0. The summed E-state index contributed by atoms with van der Waals surface area (Å²) in [6.07, 6.45) is 12.1. The van der Waals surface area contributed by atoms with Crippen LogP contribution in [0.1, 0.15) is 87.6 Å². The van der Waals surface area contributed by atoms with E-state index in [4.69, 9.17) is 9.84 Å². The highest BCUT2D eigenvalue weighted by molar-refractivity contribution is 5.88. The summed E-state index contributed by atoms with van der Waals surface area (Å²) in [5.74, 6) is 0.0488. The molecule has 0 heterocycles. The fourth-order valence-corrected chi connectivity index (χ4v) is 3.58. The maximum Gasteiger partial charge on any atom is 0.335 e. The normalized spacial score (nSPS) is 10.8. The number of aromatic carboxylic acids is 1. The lowest BCUT2D eigenvalue weighted by atomic mass is 9.94. The maximum absolute atomic E-state index is 11.1. The van der Waals surface area contributed by atoms with Gasteiger partial charge in [-0.3, -0.25) is 0 Å². The minimum Gasteiger partial charge on any atom is -0.494 e. The van der Waals surface area contributed by atoms with E-state index in [-0.39, 0.29) is 0 Å². The van der Waals surface area contributed by atoms with Crippen molar-refractivity contribution in [2.24, 2.45) is 0 Å². The molecule has 0 fully saturated rings. The van der Waals surface area contributed by atoms with E-state index in [0.29, 0.717) is 5.56 Å². The molecule has 1 N–H and O–H groups in total. The van der Waals surface area contributed by atoms with Gasteiger partial charge in [-0.15, -0.1) is 0 Å². The lowest BCUT2D eigenvalue weighted by Crippen LogP contribution is -1.99. The predicted octanol–water partition coefficient (Wildman–Crippen LogP) is 7.52. The zero-order chi connectivity index (χ0) is 20.9. The molecular formula is C26H36O3. The molecule has 158 valence electrons. The Hall–Kier alpha value is -2.29. The number of rotatable bonds is 14. The van der Waals surface area contributed by atoms with Crippen LogP contribution in [0, 0.1) is 0 Å². The second-order valence-corrected chi connectivity index (χ2v) is 7.77. The average Bonchev–Trinajstić information content (AvgIpc) is 2.74. The first kappa shape index (κ1) is 23.0. The van der Waals surface area contributed by atoms with E-state index < -0.39 is 5.97 Å². The number of carboxylic acids is 1. The van der Waals surface area contributed by atoms with Gasteiger partial charge in [-0.2, -0.15) is 0 Å². The van der Waals surface area contributed by atoms with E-state index in [1.807, 2.05) is 18.2 Å². The van der Waals surface area contributed by atoms with E-state index in [9.17, 15) is 4.79 Å². The Balaban J connectivity index is 2.11. The lowest BCUT2D eigenvalue weighted by molar-refractivity contribution is 0.0697. The van der Waals surface area contributed by atoms with Crippen LogP contribution in [0.3, 0.4) is 0 Å². The maximum atomic E-state index is 11.1. The molecule has 0 saturated heterocycles. The van der Waals surface area contributed by atoms with E-state index in [1.54, 1.807) is 12.1 Å². The first-order valence-corrected chi connectivity index (χ1v) is 11.2. The second-order valence-electron chi connectivity index (χ2n) is 7.77. The molecule has 0 aliphatic carbocycles. The van der Waals surface area contributed by atoms with Gasteiger partial charge in [0.2, 0.25) is 0 Å². The van der Waals surface area contributed by atoms with Crippen LogP contribution < -0.4 is 4.74 Å². The van der Waals surface area contributed by atoms with Gasteiger partial charge in [-0.05, 0) is 60.2 Å². The Morgan fingerprint density at radius 2 is 1.48 bits per heavy atom. The molecule has 0 unspecified atom stereocenters. The summed E-state index contributed by atoms with van der Waals surface area (Å²) in [4.78, 5) is 11.1. The van der Waals surface area contributed by atoms with E-state index in [2.05, 4.69) is 26.0 Å². The largest absolute Gasteiger partial charge is 0.494 e. The quantitative estimate of drug-likeness (QED) is 0.336. The highest BCUT2D eigenvalue weighted by atomic mass is 16.5. The lowest BCUT2D eigenvalue weighted by Gasteiger charge is -2.14. The molecule has 0 aromatic heterocycles. The summed E-state index contributed by atoms with van der Waals surface area (Å²) in [6, 6.07) is 13.5. The van der Waals surface area contributed by atoms with Gasteiger partial charge in [-0.1, -0.05) is 77.0 Å². The van der Waals surface area contributed by atoms with Crippen molar-refractivity contribution in [1.29, 1.82) is 0 Å². The van der Waals surface area contributed by atoms with Crippen molar-refractivity contribution < 1.29 is 14.6 Å². The molecule has 0 spiro atoms. The molecule has 0 aliphatic rings. The van der Waals surface area contributed by atoms with Crippen LogP contribution in [0.4, 0.5) is 0 Å². The molecule has 3 nitrogen and oxygen atoms in total. The molecule has 0 saturated carbocycles. The van der Waals surface area contributed by atoms with Crippen molar-refractivity contribution in [2.75, 3.05) is 6.61 Å². The van der Waals surface area contributed by atoms with Crippen LogP contribution >= 0.6 is 0 Å². The molecular weight excluding hydrogens is 360 g/mol. The first-order valence-electron chi connectivity index (χ1n) is 11.2. The van der Waals surface area contributed by atoms with Crippen molar-refractivity contribution >= 4 is 5.97 Å². The molecule has 2 rings (SSSR count). The number of carboxylic acid groups (broad SMARTS) is 1. The summed E-state index contributed by atoms with van der Waals surface area (Å²) < 4.78 is 5.97. The number of benzene rings is 2. The van der Waals surface area contributed by atoms with Crippen LogP contribution in [0.5, 0.6) is 5.75 Å². The minimum absolute atomic E-state index is 0.321. The topological polar surface area (TPSA) is 46.5 Å². The van der Waals surface area contributed by atoms with Crippen molar-refractivity contribution in [3.05, 3.63) is 53.6 Å². The van der Waals surface area contributed by atoms with Crippen LogP contribution in [0.2, 0.25) is 0 Å². The van der Waals surface area contributed by atoms with Crippen molar-refractivity contribution in [2.45, 2.75) is 78.1 Å². The van der Waals surface area contributed by atoms with Gasteiger partial charge in [0, 0.05) is 0 Å². The van der Waals surface area contributed by atoms with Gasteiger partial charge in [-0.25, -0.2) is 4.79 Å². The van der Waals surface area contributed by atoms with E-state index in [1.165, 1.54) is 62.5 Å². The van der Waals surface area contributed by atoms with Gasteiger partial charge in [0.25, 0.3) is 0 Å². The molecule has 29 heavy (non-hydrogen) atoms. The summed E-state index contributed by atoms with van der Waals surface area (Å²) in [5.41, 5.74) is 3.85. The Kier molecular flexibility index (Phi) is 10.3. The third-order valence-corrected chi connectivity index (χ3v) is 5.34. The van der Waals surface area contributed by atoms with Crippen LogP contribution in [-0.4, -0.2) is 17.7 Å². The summed E-state index contributed by atoms with van der Waals surface area (Å²) in [7, 11) is 0. The molecule has 0 radical (unpaired) electrons. The number of hydrogen-bond acceptors (Lipinski definition) is 2. The molecule has 0 bridgehead atoms. The molecule has 2 aromatic rings. The average molecular weight is 397 g/mol. The van der Waals surface area contributed by atoms with Gasteiger partial charge in [0.05, 0.1) is 12.2 Å². The van der Waals surface area contributed by atoms with Crippen LogP contribution in [0.15, 0.2) is 42.5 Å². The number of hydrogen-bond donors (Lipinski definition) is 1. The third-order valence-electron chi connectivity index (χ3n) is 5.34. The Bertz CT molecular complexity index is 734. The predicted molar refractivity (Wildman–Crippen MR) is 121 cm³/mol. The van der Waals surface area contributed by atoms with Crippen molar-refractivity contribution in [3.63, 3.8) is 0 Å². The molecule has 0 amide bonds. The number of carbonyl (C=O) groups is 1. The molecule has 2 aromatic carbocycles. The van der Waals surface area contributed by atoms with E-state index >= 15 is 0 Å². The smallest absolute Gasteiger partial charge is 0.335 e. The Morgan fingerprint density at radius 3 is 2.17 bits per heavy atom. The van der Waals surface area contributed by atoms with E-state index in [0.717, 1.165) is 30.8 Å². The van der Waals surface area contributed by atoms with Gasteiger partial charge < -0.3 is 9.84 Å². The Labute approximate surface area is 176 Å². The highest BCUT2D eigenvalue weighted by Gasteiger charge is 2.09.